The Morgan fingerprint density at radius 3 is 2.56 bits per heavy atom. The number of aliphatic hydroxyl groups excluding tert-OH is 1. The maximum atomic E-state index is 13.4. The van der Waals surface area contributed by atoms with Crippen molar-refractivity contribution in [3.63, 3.8) is 0 Å². The van der Waals surface area contributed by atoms with Crippen LogP contribution in [0, 0.1) is 0 Å². The second-order valence-corrected chi connectivity index (χ2v) is 9.27. The molecule has 0 spiro atoms. The number of Topliss-reactive ketones (excluding diaryl/α,β-unsaturated/α-hetero) is 1. The number of carbonyl (C=O) groups excluding carboxylic acids is 2. The largest absolute Gasteiger partial charge is 0.507 e. The zero-order valence-electron chi connectivity index (χ0n) is 19.6. The molecular formula is C28H31NO5. The molecule has 2 aromatic rings. The van der Waals surface area contributed by atoms with E-state index >= 15 is 0 Å². The molecule has 1 N–H and O–H groups in total. The lowest BCUT2D eigenvalue weighted by atomic mass is 9.90. The lowest BCUT2D eigenvalue weighted by molar-refractivity contribution is -0.141. The van der Waals surface area contributed by atoms with Crippen molar-refractivity contribution < 1.29 is 24.2 Å². The van der Waals surface area contributed by atoms with Crippen LogP contribution >= 0.6 is 0 Å². The van der Waals surface area contributed by atoms with Crippen molar-refractivity contribution in [2.45, 2.75) is 64.0 Å². The highest BCUT2D eigenvalue weighted by molar-refractivity contribution is 6.46. The van der Waals surface area contributed by atoms with Gasteiger partial charge in [-0.2, -0.15) is 0 Å². The summed E-state index contributed by atoms with van der Waals surface area (Å²) in [6.07, 6.45) is 6.73. The molecule has 3 aliphatic rings. The Bertz CT molecular complexity index is 1110. The van der Waals surface area contributed by atoms with E-state index in [-0.39, 0.29) is 17.4 Å². The summed E-state index contributed by atoms with van der Waals surface area (Å²) in [7, 11) is 0. The van der Waals surface area contributed by atoms with Gasteiger partial charge in [0.05, 0.1) is 24.8 Å². The topological polar surface area (TPSA) is 76.1 Å². The van der Waals surface area contributed by atoms with Gasteiger partial charge in [0, 0.05) is 11.6 Å². The van der Waals surface area contributed by atoms with E-state index in [1.807, 2.05) is 43.3 Å². The molecule has 0 radical (unpaired) electrons. The molecule has 2 aromatic carbocycles. The average molecular weight is 462 g/mol. The van der Waals surface area contributed by atoms with Gasteiger partial charge >= 0.3 is 0 Å². The molecule has 1 saturated heterocycles. The van der Waals surface area contributed by atoms with Gasteiger partial charge < -0.3 is 19.5 Å². The Kier molecular flexibility index (Phi) is 6.31. The maximum Gasteiger partial charge on any atom is 0.295 e. The Balaban J connectivity index is 1.61. The van der Waals surface area contributed by atoms with Crippen molar-refractivity contribution in [1.29, 1.82) is 0 Å². The smallest absolute Gasteiger partial charge is 0.295 e. The normalized spacial score (nSPS) is 22.4. The number of carbonyl (C=O) groups is 2. The molecule has 2 aliphatic heterocycles. The van der Waals surface area contributed by atoms with E-state index in [2.05, 4.69) is 0 Å². The van der Waals surface area contributed by atoms with Gasteiger partial charge in [-0.3, -0.25) is 9.59 Å². The van der Waals surface area contributed by atoms with E-state index in [9.17, 15) is 14.7 Å². The van der Waals surface area contributed by atoms with Crippen LogP contribution in [-0.4, -0.2) is 41.0 Å². The zero-order chi connectivity index (χ0) is 23.7. The zero-order valence-corrected chi connectivity index (χ0v) is 19.6. The van der Waals surface area contributed by atoms with Crippen molar-refractivity contribution in [3.8, 4) is 11.5 Å². The lowest BCUT2D eigenvalue weighted by Gasteiger charge is -2.35. The van der Waals surface area contributed by atoms with E-state index in [0.29, 0.717) is 18.8 Å². The van der Waals surface area contributed by atoms with Gasteiger partial charge in [-0.15, -0.1) is 0 Å². The number of likely N-dealkylation sites (tertiary alicyclic amines) is 1. The number of fused-ring (bicyclic) bond motifs is 1. The fraction of sp³-hybridized carbons (Fsp3) is 0.429. The predicted molar refractivity (Wildman–Crippen MR) is 129 cm³/mol. The minimum absolute atomic E-state index is 0.0102. The molecule has 6 nitrogen and oxygen atoms in total. The maximum absolute atomic E-state index is 13.4. The summed E-state index contributed by atoms with van der Waals surface area (Å²) in [6, 6.07) is 12.4. The van der Waals surface area contributed by atoms with Crippen LogP contribution in [0.3, 0.4) is 0 Å². The minimum atomic E-state index is -0.619. The number of aryl methyl sites for hydroxylation is 1. The number of rotatable bonds is 5. The summed E-state index contributed by atoms with van der Waals surface area (Å²) in [5.74, 6) is 0.289. The quantitative estimate of drug-likeness (QED) is 0.378. The molecule has 6 heteroatoms. The van der Waals surface area contributed by atoms with Crippen molar-refractivity contribution in [2.75, 3.05) is 13.2 Å². The van der Waals surface area contributed by atoms with Gasteiger partial charge in [0.1, 0.15) is 17.3 Å². The van der Waals surface area contributed by atoms with Crippen LogP contribution in [0.25, 0.3) is 5.76 Å². The molecule has 5 rings (SSSR count). The fourth-order valence-corrected chi connectivity index (χ4v) is 5.49. The van der Waals surface area contributed by atoms with Crippen LogP contribution in [0.4, 0.5) is 0 Å². The summed E-state index contributed by atoms with van der Waals surface area (Å²) in [5, 5.41) is 11.4. The van der Waals surface area contributed by atoms with Gasteiger partial charge in [0.15, 0.2) is 0 Å². The fourth-order valence-electron chi connectivity index (χ4n) is 5.49. The molecular weight excluding hydrogens is 430 g/mol. The molecule has 1 unspecified atom stereocenters. The summed E-state index contributed by atoms with van der Waals surface area (Å²) < 4.78 is 11.3. The van der Waals surface area contributed by atoms with E-state index in [1.54, 1.807) is 11.0 Å². The minimum Gasteiger partial charge on any atom is -0.507 e. The van der Waals surface area contributed by atoms with E-state index in [0.717, 1.165) is 67.6 Å². The molecule has 34 heavy (non-hydrogen) atoms. The molecule has 178 valence electrons. The summed E-state index contributed by atoms with van der Waals surface area (Å²) in [6.45, 7) is 3.17. The summed E-state index contributed by atoms with van der Waals surface area (Å²) in [4.78, 5) is 28.4. The first-order valence-electron chi connectivity index (χ1n) is 12.4. The van der Waals surface area contributed by atoms with Crippen LogP contribution in [-0.2, 0) is 16.0 Å². The SMILES string of the molecule is CCOc1ccc(C2/C(=C(/O)c3ccc4c(c3)CCCO4)C(=O)C(=O)N2C2CCCCC2)cc1. The molecule has 2 fully saturated rings. The van der Waals surface area contributed by atoms with Crippen molar-refractivity contribution in [1.82, 2.24) is 4.90 Å². The number of hydrogen-bond donors (Lipinski definition) is 1. The predicted octanol–water partition coefficient (Wildman–Crippen LogP) is 5.16. The highest BCUT2D eigenvalue weighted by Crippen LogP contribution is 2.43. The molecule has 1 amide bonds. The van der Waals surface area contributed by atoms with Crippen molar-refractivity contribution >= 4 is 17.4 Å². The van der Waals surface area contributed by atoms with Gasteiger partial charge in [-0.05, 0) is 74.1 Å². The molecule has 0 bridgehead atoms. The average Bonchev–Trinajstić information content (AvgIpc) is 3.14. The van der Waals surface area contributed by atoms with Crippen LogP contribution in [0.2, 0.25) is 0 Å². The van der Waals surface area contributed by atoms with Crippen molar-refractivity contribution in [2.24, 2.45) is 0 Å². The Morgan fingerprint density at radius 2 is 1.82 bits per heavy atom. The van der Waals surface area contributed by atoms with Crippen LogP contribution in [0.5, 0.6) is 11.5 Å². The Labute approximate surface area is 200 Å². The third-order valence-electron chi connectivity index (χ3n) is 7.14. The number of amides is 1. The summed E-state index contributed by atoms with van der Waals surface area (Å²) in [5.41, 5.74) is 2.52. The monoisotopic (exact) mass is 461 g/mol. The standard InChI is InChI=1S/C28H31NO5/c1-2-33-22-13-10-18(11-14-22)25-24(27(31)28(32)29(25)21-8-4-3-5-9-21)26(30)20-12-15-23-19(17-20)7-6-16-34-23/h10-15,17,21,25,30H,2-9,16H2,1H3/b26-24-. The van der Waals surface area contributed by atoms with E-state index < -0.39 is 17.7 Å². The molecule has 1 aliphatic carbocycles. The first kappa shape index (κ1) is 22.5. The second kappa shape index (κ2) is 9.53. The van der Waals surface area contributed by atoms with Gasteiger partial charge in [0.2, 0.25) is 0 Å². The number of hydrogen-bond acceptors (Lipinski definition) is 5. The third kappa shape index (κ3) is 4.06. The van der Waals surface area contributed by atoms with Crippen LogP contribution < -0.4 is 9.47 Å². The Hall–Kier alpha value is -3.28. The van der Waals surface area contributed by atoms with Gasteiger partial charge in [-0.1, -0.05) is 31.4 Å². The first-order valence-corrected chi connectivity index (χ1v) is 12.4. The number of aliphatic hydroxyl groups is 1. The first-order chi connectivity index (χ1) is 16.6. The molecule has 1 saturated carbocycles. The number of nitrogens with zero attached hydrogens (tertiary/aromatic N) is 1. The highest BCUT2D eigenvalue weighted by Gasteiger charge is 2.48. The van der Waals surface area contributed by atoms with E-state index in [4.69, 9.17) is 9.47 Å². The molecule has 2 heterocycles. The lowest BCUT2D eigenvalue weighted by Crippen LogP contribution is -2.40. The van der Waals surface area contributed by atoms with Crippen LogP contribution in [0.15, 0.2) is 48.0 Å². The van der Waals surface area contributed by atoms with Gasteiger partial charge in [-0.25, -0.2) is 0 Å². The van der Waals surface area contributed by atoms with Gasteiger partial charge in [0.25, 0.3) is 11.7 Å². The third-order valence-corrected chi connectivity index (χ3v) is 7.14. The second-order valence-electron chi connectivity index (χ2n) is 9.27. The molecule has 1 atom stereocenters. The van der Waals surface area contributed by atoms with Crippen molar-refractivity contribution in [3.05, 3.63) is 64.7 Å². The summed E-state index contributed by atoms with van der Waals surface area (Å²) >= 11 is 0. The number of ether oxygens (including phenoxy) is 2. The number of benzene rings is 2. The van der Waals surface area contributed by atoms with E-state index in [1.165, 1.54) is 0 Å². The highest BCUT2D eigenvalue weighted by atomic mass is 16.5. The Morgan fingerprint density at radius 1 is 1.06 bits per heavy atom. The molecule has 0 aromatic heterocycles. The number of ketones is 1. The van der Waals surface area contributed by atoms with Crippen LogP contribution in [0.1, 0.15) is 68.2 Å².